The molecule has 2 atom stereocenters. The lowest BCUT2D eigenvalue weighted by Crippen LogP contribution is -2.30. The number of ether oxygens (including phenoxy) is 1. The fourth-order valence-corrected chi connectivity index (χ4v) is 2.60. The van der Waals surface area contributed by atoms with E-state index < -0.39 is 0 Å². The smallest absolute Gasteiger partial charge is 0.0509 e. The zero-order chi connectivity index (χ0) is 9.80. The Bertz CT molecular complexity index is 254. The minimum Gasteiger partial charge on any atom is -0.381 e. The van der Waals surface area contributed by atoms with E-state index in [1.165, 1.54) is 5.56 Å². The summed E-state index contributed by atoms with van der Waals surface area (Å²) in [6.45, 7) is 1.77. The van der Waals surface area contributed by atoms with E-state index in [1.807, 2.05) is 0 Å². The van der Waals surface area contributed by atoms with Gasteiger partial charge in [0.15, 0.2) is 0 Å². The minimum atomic E-state index is 0.317. The molecule has 0 bridgehead atoms. The van der Waals surface area contributed by atoms with Crippen molar-refractivity contribution < 1.29 is 4.74 Å². The Balaban J connectivity index is 1.74. The molecule has 1 aliphatic rings. The fraction of sp³-hybridized carbons (Fsp3) is 0.636. The van der Waals surface area contributed by atoms with Crippen LogP contribution in [-0.4, -0.2) is 19.3 Å². The molecule has 1 aliphatic heterocycles. The zero-order valence-electron chi connectivity index (χ0n) is 8.32. The van der Waals surface area contributed by atoms with Gasteiger partial charge in [-0.1, -0.05) is 0 Å². The van der Waals surface area contributed by atoms with Crippen LogP contribution in [-0.2, 0) is 11.2 Å². The lowest BCUT2D eigenvalue weighted by atomic mass is 9.95. The van der Waals surface area contributed by atoms with Crippen LogP contribution in [0.1, 0.15) is 18.4 Å². The molecule has 1 fully saturated rings. The first kappa shape index (κ1) is 10.1. The third-order valence-corrected chi connectivity index (χ3v) is 3.65. The maximum Gasteiger partial charge on any atom is 0.0509 e. The first-order valence-electron chi connectivity index (χ1n) is 5.20. The summed E-state index contributed by atoms with van der Waals surface area (Å²) >= 11 is 1.76. The molecule has 0 aliphatic carbocycles. The molecule has 2 nitrogen and oxygen atoms in total. The van der Waals surface area contributed by atoms with E-state index in [-0.39, 0.29) is 0 Å². The van der Waals surface area contributed by atoms with Crippen molar-refractivity contribution in [3.63, 3.8) is 0 Å². The lowest BCUT2D eigenvalue weighted by molar-refractivity contribution is 0.180. The first-order chi connectivity index (χ1) is 6.86. The van der Waals surface area contributed by atoms with Gasteiger partial charge in [-0.25, -0.2) is 0 Å². The highest BCUT2D eigenvalue weighted by atomic mass is 32.1. The molecule has 0 radical (unpaired) electrons. The molecule has 0 amide bonds. The van der Waals surface area contributed by atoms with Crippen LogP contribution in [0.25, 0.3) is 0 Å². The van der Waals surface area contributed by atoms with Gasteiger partial charge in [-0.3, -0.25) is 0 Å². The molecular weight excluding hydrogens is 194 g/mol. The first-order valence-corrected chi connectivity index (χ1v) is 6.15. The van der Waals surface area contributed by atoms with Crippen LogP contribution >= 0.6 is 11.3 Å². The molecule has 2 heterocycles. The van der Waals surface area contributed by atoms with Gasteiger partial charge in [-0.2, -0.15) is 11.3 Å². The van der Waals surface area contributed by atoms with E-state index in [9.17, 15) is 0 Å². The molecule has 0 saturated carbocycles. The van der Waals surface area contributed by atoms with Gasteiger partial charge in [0, 0.05) is 12.6 Å². The molecule has 1 saturated heterocycles. The molecule has 3 heteroatoms. The van der Waals surface area contributed by atoms with Crippen molar-refractivity contribution in [2.75, 3.05) is 13.2 Å². The van der Waals surface area contributed by atoms with Crippen molar-refractivity contribution in [1.82, 2.24) is 0 Å². The van der Waals surface area contributed by atoms with Crippen molar-refractivity contribution in [2.45, 2.75) is 25.3 Å². The van der Waals surface area contributed by atoms with Crippen molar-refractivity contribution in [3.8, 4) is 0 Å². The Labute approximate surface area is 89.1 Å². The Kier molecular flexibility index (Phi) is 3.56. The molecule has 1 aromatic rings. The van der Waals surface area contributed by atoms with Gasteiger partial charge in [0.25, 0.3) is 0 Å². The van der Waals surface area contributed by atoms with Gasteiger partial charge in [-0.15, -0.1) is 0 Å². The van der Waals surface area contributed by atoms with Gasteiger partial charge < -0.3 is 10.5 Å². The number of hydrogen-bond acceptors (Lipinski definition) is 3. The topological polar surface area (TPSA) is 35.2 Å². The Hall–Kier alpha value is -0.380. The number of hydrogen-bond donors (Lipinski definition) is 1. The van der Waals surface area contributed by atoms with Crippen molar-refractivity contribution in [2.24, 2.45) is 11.7 Å². The van der Waals surface area contributed by atoms with E-state index in [0.29, 0.717) is 12.0 Å². The number of rotatable bonds is 4. The predicted octanol–water partition coefficient (Wildman–Crippen LogP) is 2.04. The van der Waals surface area contributed by atoms with Gasteiger partial charge >= 0.3 is 0 Å². The average molecular weight is 211 g/mol. The average Bonchev–Trinajstić information content (AvgIpc) is 2.87. The second-order valence-corrected chi connectivity index (χ2v) is 4.74. The van der Waals surface area contributed by atoms with E-state index >= 15 is 0 Å². The highest BCUT2D eigenvalue weighted by Gasteiger charge is 2.22. The second kappa shape index (κ2) is 4.91. The highest BCUT2D eigenvalue weighted by molar-refractivity contribution is 7.07. The standard InChI is InChI=1S/C11H17NOS/c12-11(10-3-5-13-7-10)2-1-9-4-6-14-8-9/h4,6,8,10-11H,1-3,5,7,12H2. The molecule has 0 spiro atoms. The fourth-order valence-electron chi connectivity index (χ4n) is 1.89. The maximum absolute atomic E-state index is 6.12. The number of thiophene rings is 1. The third-order valence-electron chi connectivity index (χ3n) is 2.92. The summed E-state index contributed by atoms with van der Waals surface area (Å²) in [5.74, 6) is 0.591. The van der Waals surface area contributed by atoms with Crippen LogP contribution in [0.15, 0.2) is 16.8 Å². The van der Waals surface area contributed by atoms with Gasteiger partial charge in [0.1, 0.15) is 0 Å². The van der Waals surface area contributed by atoms with Gasteiger partial charge in [-0.05, 0) is 47.6 Å². The summed E-state index contributed by atoms with van der Waals surface area (Å²) in [5.41, 5.74) is 7.54. The SMILES string of the molecule is NC(CCc1ccsc1)C1CCOC1. The summed E-state index contributed by atoms with van der Waals surface area (Å²) in [7, 11) is 0. The second-order valence-electron chi connectivity index (χ2n) is 3.96. The van der Waals surface area contributed by atoms with Crippen LogP contribution in [0.5, 0.6) is 0 Å². The Morgan fingerprint density at radius 2 is 2.57 bits per heavy atom. The molecule has 14 heavy (non-hydrogen) atoms. The predicted molar refractivity (Wildman–Crippen MR) is 59.5 cm³/mol. The van der Waals surface area contributed by atoms with Crippen molar-refractivity contribution in [1.29, 1.82) is 0 Å². The van der Waals surface area contributed by atoms with Gasteiger partial charge in [0.2, 0.25) is 0 Å². The summed E-state index contributed by atoms with van der Waals surface area (Å²) in [6.07, 6.45) is 3.34. The van der Waals surface area contributed by atoms with Crippen LogP contribution < -0.4 is 5.73 Å². The van der Waals surface area contributed by atoms with E-state index in [0.717, 1.165) is 32.5 Å². The molecular formula is C11H17NOS. The van der Waals surface area contributed by atoms with E-state index in [2.05, 4.69) is 16.8 Å². The summed E-state index contributed by atoms with van der Waals surface area (Å²) in [6, 6.07) is 2.50. The third kappa shape index (κ3) is 2.56. The Morgan fingerprint density at radius 3 is 3.21 bits per heavy atom. The Morgan fingerprint density at radius 1 is 1.64 bits per heavy atom. The molecule has 2 N–H and O–H groups in total. The normalized spacial score (nSPS) is 23.9. The lowest BCUT2D eigenvalue weighted by Gasteiger charge is -2.16. The molecule has 78 valence electrons. The van der Waals surface area contributed by atoms with Crippen molar-refractivity contribution >= 4 is 11.3 Å². The summed E-state index contributed by atoms with van der Waals surface area (Å²) in [5, 5.41) is 4.33. The monoisotopic (exact) mass is 211 g/mol. The molecule has 1 aromatic heterocycles. The van der Waals surface area contributed by atoms with E-state index in [1.54, 1.807) is 11.3 Å². The largest absolute Gasteiger partial charge is 0.381 e. The quantitative estimate of drug-likeness (QED) is 0.827. The van der Waals surface area contributed by atoms with Crippen LogP contribution in [0.3, 0.4) is 0 Å². The summed E-state index contributed by atoms with van der Waals surface area (Å²) < 4.78 is 5.34. The number of aryl methyl sites for hydroxylation is 1. The van der Waals surface area contributed by atoms with E-state index in [4.69, 9.17) is 10.5 Å². The van der Waals surface area contributed by atoms with Gasteiger partial charge in [0.05, 0.1) is 6.61 Å². The highest BCUT2D eigenvalue weighted by Crippen LogP contribution is 2.19. The minimum absolute atomic E-state index is 0.317. The van der Waals surface area contributed by atoms with Crippen molar-refractivity contribution in [3.05, 3.63) is 22.4 Å². The molecule has 2 unspecified atom stereocenters. The van der Waals surface area contributed by atoms with Crippen LogP contribution in [0.4, 0.5) is 0 Å². The maximum atomic E-state index is 6.12. The molecule has 0 aromatic carbocycles. The zero-order valence-corrected chi connectivity index (χ0v) is 9.13. The molecule has 2 rings (SSSR count). The van der Waals surface area contributed by atoms with Crippen LogP contribution in [0.2, 0.25) is 0 Å². The number of nitrogens with two attached hydrogens (primary N) is 1. The van der Waals surface area contributed by atoms with Crippen LogP contribution in [0, 0.1) is 5.92 Å². The summed E-state index contributed by atoms with van der Waals surface area (Å²) in [4.78, 5) is 0.